The standard InChI is InChI=1S/C17H12ClN7O/c18-17-21-14-11(9-4-5-9)2-1-3-12(14)16-22-15(23-25(16)17)10-7-20-24(8-10)13(26)6-19/h1-3,7-9,13,26H,4-5H2. The molecule has 0 radical (unpaired) electrons. The minimum atomic E-state index is -1.35. The van der Waals surface area contributed by atoms with E-state index in [1.54, 1.807) is 6.07 Å². The summed E-state index contributed by atoms with van der Waals surface area (Å²) in [5.74, 6) is 0.937. The van der Waals surface area contributed by atoms with Crippen molar-refractivity contribution in [1.29, 1.82) is 5.26 Å². The summed E-state index contributed by atoms with van der Waals surface area (Å²) in [5.41, 5.74) is 3.25. The highest BCUT2D eigenvalue weighted by atomic mass is 35.5. The molecule has 0 amide bonds. The molecular formula is C17H12ClN7O. The number of nitriles is 1. The third-order valence-corrected chi connectivity index (χ3v) is 4.78. The Hall–Kier alpha value is -3.02. The van der Waals surface area contributed by atoms with Crippen LogP contribution in [0, 0.1) is 11.3 Å². The van der Waals surface area contributed by atoms with Gasteiger partial charge in [0.15, 0.2) is 11.5 Å². The molecule has 1 unspecified atom stereocenters. The fourth-order valence-electron chi connectivity index (χ4n) is 3.11. The summed E-state index contributed by atoms with van der Waals surface area (Å²) in [7, 11) is 0. The first-order valence-corrected chi connectivity index (χ1v) is 8.50. The van der Waals surface area contributed by atoms with Crippen molar-refractivity contribution in [2.45, 2.75) is 25.0 Å². The van der Waals surface area contributed by atoms with Crippen molar-refractivity contribution in [1.82, 2.24) is 29.4 Å². The Morgan fingerprint density at radius 3 is 2.92 bits per heavy atom. The first kappa shape index (κ1) is 15.3. The molecule has 3 aromatic heterocycles. The predicted octanol–water partition coefficient (Wildman–Crippen LogP) is 2.69. The molecule has 9 heteroatoms. The van der Waals surface area contributed by atoms with E-state index in [2.05, 4.69) is 26.2 Å². The van der Waals surface area contributed by atoms with Crippen molar-refractivity contribution in [3.63, 3.8) is 0 Å². The van der Waals surface area contributed by atoms with Crippen molar-refractivity contribution >= 4 is 28.2 Å². The van der Waals surface area contributed by atoms with E-state index in [0.29, 0.717) is 23.0 Å². The second kappa shape index (κ2) is 5.49. The van der Waals surface area contributed by atoms with E-state index in [1.807, 2.05) is 12.1 Å². The van der Waals surface area contributed by atoms with Gasteiger partial charge in [-0.2, -0.15) is 14.9 Å². The first-order chi connectivity index (χ1) is 12.7. The zero-order valence-corrected chi connectivity index (χ0v) is 14.2. The van der Waals surface area contributed by atoms with Crippen molar-refractivity contribution in [2.24, 2.45) is 0 Å². The zero-order chi connectivity index (χ0) is 17.8. The third kappa shape index (κ3) is 2.25. The van der Waals surface area contributed by atoms with E-state index in [-0.39, 0.29) is 5.28 Å². The summed E-state index contributed by atoms with van der Waals surface area (Å²) in [6.07, 6.45) is 3.99. The van der Waals surface area contributed by atoms with E-state index < -0.39 is 6.23 Å². The van der Waals surface area contributed by atoms with Crippen LogP contribution >= 0.6 is 11.6 Å². The molecule has 1 N–H and O–H groups in total. The molecule has 8 nitrogen and oxygen atoms in total. The highest BCUT2D eigenvalue weighted by Crippen LogP contribution is 2.43. The van der Waals surface area contributed by atoms with Crippen LogP contribution < -0.4 is 0 Å². The number of aliphatic hydroxyl groups is 1. The number of hydrogen-bond acceptors (Lipinski definition) is 6. The smallest absolute Gasteiger partial charge is 0.236 e. The molecule has 3 heterocycles. The van der Waals surface area contributed by atoms with Gasteiger partial charge in [0.1, 0.15) is 6.07 Å². The molecule has 1 aromatic carbocycles. The zero-order valence-electron chi connectivity index (χ0n) is 13.4. The molecular weight excluding hydrogens is 354 g/mol. The summed E-state index contributed by atoms with van der Waals surface area (Å²) in [5, 5.41) is 27.9. The largest absolute Gasteiger partial charge is 0.360 e. The number of fused-ring (bicyclic) bond motifs is 3. The lowest BCUT2D eigenvalue weighted by molar-refractivity contribution is 0.147. The van der Waals surface area contributed by atoms with Gasteiger partial charge < -0.3 is 5.11 Å². The Labute approximate surface area is 152 Å². The fraction of sp³-hybridized carbons (Fsp3) is 0.235. The van der Waals surface area contributed by atoms with Gasteiger partial charge in [0.2, 0.25) is 11.5 Å². The molecule has 5 rings (SSSR count). The van der Waals surface area contributed by atoms with Gasteiger partial charge in [0.25, 0.3) is 0 Å². The molecule has 0 spiro atoms. The molecule has 0 aliphatic heterocycles. The van der Waals surface area contributed by atoms with Crippen LogP contribution in [-0.2, 0) is 0 Å². The Balaban J connectivity index is 1.71. The average Bonchev–Trinajstić information content (AvgIpc) is 3.19. The van der Waals surface area contributed by atoms with Gasteiger partial charge in [-0.1, -0.05) is 12.1 Å². The fourth-order valence-corrected chi connectivity index (χ4v) is 3.32. The van der Waals surface area contributed by atoms with Gasteiger partial charge in [-0.25, -0.2) is 14.6 Å². The summed E-state index contributed by atoms with van der Waals surface area (Å²) in [4.78, 5) is 9.14. The number of aromatic nitrogens is 6. The van der Waals surface area contributed by atoms with Crippen LogP contribution in [0.2, 0.25) is 5.28 Å². The number of halogens is 1. The van der Waals surface area contributed by atoms with Crippen LogP contribution in [-0.4, -0.2) is 34.5 Å². The van der Waals surface area contributed by atoms with Crippen molar-refractivity contribution in [2.75, 3.05) is 0 Å². The number of aliphatic hydroxyl groups excluding tert-OH is 1. The van der Waals surface area contributed by atoms with E-state index in [9.17, 15) is 5.11 Å². The van der Waals surface area contributed by atoms with Crippen LogP contribution in [0.4, 0.5) is 0 Å². The van der Waals surface area contributed by atoms with Crippen LogP contribution in [0.25, 0.3) is 27.9 Å². The predicted molar refractivity (Wildman–Crippen MR) is 93.4 cm³/mol. The summed E-state index contributed by atoms with van der Waals surface area (Å²) < 4.78 is 2.64. The molecule has 0 bridgehead atoms. The minimum absolute atomic E-state index is 0.240. The summed E-state index contributed by atoms with van der Waals surface area (Å²) >= 11 is 6.36. The quantitative estimate of drug-likeness (QED) is 0.442. The molecule has 0 saturated heterocycles. The molecule has 1 aliphatic carbocycles. The van der Waals surface area contributed by atoms with Gasteiger partial charge in [-0.05, 0) is 42.0 Å². The van der Waals surface area contributed by atoms with Gasteiger partial charge in [0, 0.05) is 11.6 Å². The molecule has 1 aliphatic rings. The molecule has 26 heavy (non-hydrogen) atoms. The lowest BCUT2D eigenvalue weighted by Gasteiger charge is -2.05. The molecule has 1 atom stereocenters. The lowest BCUT2D eigenvalue weighted by Crippen LogP contribution is -2.05. The topological polar surface area (TPSA) is 105 Å². The Morgan fingerprint density at radius 1 is 1.31 bits per heavy atom. The lowest BCUT2D eigenvalue weighted by atomic mass is 10.1. The Morgan fingerprint density at radius 2 is 2.15 bits per heavy atom. The maximum atomic E-state index is 9.57. The maximum absolute atomic E-state index is 9.57. The highest BCUT2D eigenvalue weighted by molar-refractivity contribution is 6.29. The van der Waals surface area contributed by atoms with Crippen LogP contribution in [0.15, 0.2) is 30.6 Å². The molecule has 4 aromatic rings. The molecule has 1 saturated carbocycles. The van der Waals surface area contributed by atoms with Crippen molar-refractivity contribution < 1.29 is 5.11 Å². The number of rotatable bonds is 3. The number of benzene rings is 1. The van der Waals surface area contributed by atoms with Gasteiger partial charge >= 0.3 is 0 Å². The molecule has 128 valence electrons. The van der Waals surface area contributed by atoms with E-state index >= 15 is 0 Å². The summed E-state index contributed by atoms with van der Waals surface area (Å²) in [6, 6.07) is 7.76. The highest BCUT2D eigenvalue weighted by Gasteiger charge is 2.27. The summed E-state index contributed by atoms with van der Waals surface area (Å²) in [6.45, 7) is 0. The third-order valence-electron chi connectivity index (χ3n) is 4.54. The van der Waals surface area contributed by atoms with E-state index in [0.717, 1.165) is 15.6 Å². The maximum Gasteiger partial charge on any atom is 0.236 e. The number of hydrogen-bond donors (Lipinski definition) is 1. The molecule has 1 fully saturated rings. The Kier molecular flexibility index (Phi) is 3.22. The Bertz CT molecular complexity index is 1200. The monoisotopic (exact) mass is 365 g/mol. The second-order valence-electron chi connectivity index (χ2n) is 6.28. The van der Waals surface area contributed by atoms with Crippen LogP contribution in [0.3, 0.4) is 0 Å². The van der Waals surface area contributed by atoms with Crippen molar-refractivity contribution in [3.8, 4) is 17.5 Å². The van der Waals surface area contributed by atoms with Gasteiger partial charge in [0.05, 0.1) is 17.3 Å². The van der Waals surface area contributed by atoms with E-state index in [4.69, 9.17) is 16.9 Å². The first-order valence-electron chi connectivity index (χ1n) is 8.13. The SMILES string of the molecule is N#CC(O)n1cc(-c2nc3c4cccc(C5CC5)c4nc(Cl)n3n2)cn1. The van der Waals surface area contributed by atoms with Crippen LogP contribution in [0.1, 0.15) is 30.6 Å². The van der Waals surface area contributed by atoms with Crippen LogP contribution in [0.5, 0.6) is 0 Å². The minimum Gasteiger partial charge on any atom is -0.360 e. The normalized spacial score (nSPS) is 15.4. The second-order valence-corrected chi connectivity index (χ2v) is 6.62. The number of para-hydroxylation sites is 1. The van der Waals surface area contributed by atoms with Crippen molar-refractivity contribution in [3.05, 3.63) is 41.4 Å². The van der Waals surface area contributed by atoms with Gasteiger partial charge in [-0.15, -0.1) is 5.10 Å². The van der Waals surface area contributed by atoms with Gasteiger partial charge in [-0.3, -0.25) is 0 Å². The van der Waals surface area contributed by atoms with E-state index in [1.165, 1.54) is 35.3 Å². The average molecular weight is 366 g/mol. The number of nitrogens with zero attached hydrogens (tertiary/aromatic N) is 7.